The first-order chi connectivity index (χ1) is 8.58. The lowest BCUT2D eigenvalue weighted by Crippen LogP contribution is -2.29. The van der Waals surface area contributed by atoms with Crippen LogP contribution in [-0.2, 0) is 9.53 Å². The maximum absolute atomic E-state index is 11.6. The summed E-state index contributed by atoms with van der Waals surface area (Å²) in [5.41, 5.74) is 0. The van der Waals surface area contributed by atoms with E-state index in [1.165, 1.54) is 0 Å². The Hall–Kier alpha value is -1.71. The number of methoxy groups -OCH3 is 1. The van der Waals surface area contributed by atoms with Gasteiger partial charge in [0, 0.05) is 0 Å². The highest BCUT2D eigenvalue weighted by Gasteiger charge is 2.22. The van der Waals surface area contributed by atoms with E-state index in [1.807, 2.05) is 31.2 Å². The van der Waals surface area contributed by atoms with Crippen molar-refractivity contribution in [2.45, 2.75) is 26.9 Å². The summed E-state index contributed by atoms with van der Waals surface area (Å²) in [6.45, 7) is 5.83. The Morgan fingerprint density at radius 3 is 2.22 bits per heavy atom. The van der Waals surface area contributed by atoms with Crippen molar-refractivity contribution in [2.75, 3.05) is 13.7 Å². The van der Waals surface area contributed by atoms with E-state index in [0.717, 1.165) is 5.75 Å². The number of benzene rings is 1. The molecule has 4 heteroatoms. The lowest BCUT2D eigenvalue weighted by Gasteiger charge is -2.20. The van der Waals surface area contributed by atoms with Crippen LogP contribution >= 0.6 is 0 Å². The van der Waals surface area contributed by atoms with E-state index in [0.29, 0.717) is 12.4 Å². The van der Waals surface area contributed by atoms with Crippen LogP contribution in [0.5, 0.6) is 11.5 Å². The number of esters is 1. The number of carbonyl (C=O) groups is 1. The van der Waals surface area contributed by atoms with Crippen molar-refractivity contribution >= 4 is 5.97 Å². The molecule has 1 aromatic carbocycles. The third kappa shape index (κ3) is 3.95. The van der Waals surface area contributed by atoms with Crippen molar-refractivity contribution in [2.24, 2.45) is 5.92 Å². The lowest BCUT2D eigenvalue weighted by atomic mass is 10.1. The van der Waals surface area contributed by atoms with Crippen molar-refractivity contribution in [3.63, 3.8) is 0 Å². The van der Waals surface area contributed by atoms with Gasteiger partial charge in [-0.1, -0.05) is 0 Å². The maximum Gasteiger partial charge on any atom is 0.312 e. The molecule has 2 unspecified atom stereocenters. The second kappa shape index (κ2) is 6.89. The number of hydrogen-bond acceptors (Lipinski definition) is 4. The quantitative estimate of drug-likeness (QED) is 0.730. The van der Waals surface area contributed by atoms with Crippen molar-refractivity contribution < 1.29 is 19.0 Å². The second-order valence-corrected chi connectivity index (χ2v) is 4.04. The molecule has 4 nitrogen and oxygen atoms in total. The minimum Gasteiger partial charge on any atom is -0.497 e. The van der Waals surface area contributed by atoms with Gasteiger partial charge in [0.05, 0.1) is 19.6 Å². The van der Waals surface area contributed by atoms with Gasteiger partial charge in [-0.05, 0) is 45.0 Å². The van der Waals surface area contributed by atoms with Gasteiger partial charge in [-0.25, -0.2) is 0 Å². The molecule has 0 bridgehead atoms. The van der Waals surface area contributed by atoms with E-state index in [9.17, 15) is 4.79 Å². The summed E-state index contributed by atoms with van der Waals surface area (Å²) in [7, 11) is 1.61. The highest BCUT2D eigenvalue weighted by atomic mass is 16.5. The van der Waals surface area contributed by atoms with Crippen LogP contribution in [0.25, 0.3) is 0 Å². The van der Waals surface area contributed by atoms with E-state index >= 15 is 0 Å². The predicted octanol–water partition coefficient (Wildman–Crippen LogP) is 2.66. The lowest BCUT2D eigenvalue weighted by molar-refractivity contribution is -0.150. The predicted molar refractivity (Wildman–Crippen MR) is 68.9 cm³/mol. The van der Waals surface area contributed by atoms with Gasteiger partial charge in [0.15, 0.2) is 0 Å². The first-order valence-electron chi connectivity index (χ1n) is 6.05. The zero-order valence-electron chi connectivity index (χ0n) is 11.3. The van der Waals surface area contributed by atoms with Gasteiger partial charge < -0.3 is 14.2 Å². The Bertz CT molecular complexity index is 372. The van der Waals surface area contributed by atoms with Crippen LogP contribution in [0.3, 0.4) is 0 Å². The van der Waals surface area contributed by atoms with Gasteiger partial charge in [-0.3, -0.25) is 4.79 Å². The highest BCUT2D eigenvalue weighted by Crippen LogP contribution is 2.20. The third-order valence-corrected chi connectivity index (χ3v) is 2.74. The van der Waals surface area contributed by atoms with Crippen molar-refractivity contribution in [3.8, 4) is 11.5 Å². The highest BCUT2D eigenvalue weighted by molar-refractivity contribution is 5.72. The van der Waals surface area contributed by atoms with Gasteiger partial charge >= 0.3 is 5.97 Å². The summed E-state index contributed by atoms with van der Waals surface area (Å²) >= 11 is 0. The minimum absolute atomic E-state index is 0.237. The van der Waals surface area contributed by atoms with Crippen LogP contribution in [0.1, 0.15) is 20.8 Å². The molecule has 0 aliphatic heterocycles. The zero-order valence-corrected chi connectivity index (χ0v) is 11.3. The first-order valence-corrected chi connectivity index (χ1v) is 6.05. The van der Waals surface area contributed by atoms with Gasteiger partial charge in [-0.15, -0.1) is 0 Å². The average Bonchev–Trinajstić information content (AvgIpc) is 2.39. The molecule has 100 valence electrons. The molecule has 2 atom stereocenters. The summed E-state index contributed by atoms with van der Waals surface area (Å²) in [4.78, 5) is 11.6. The molecule has 18 heavy (non-hydrogen) atoms. The molecule has 0 aromatic heterocycles. The number of rotatable bonds is 6. The fourth-order valence-corrected chi connectivity index (χ4v) is 1.44. The molecule has 0 heterocycles. The molecular formula is C14H20O4. The van der Waals surface area contributed by atoms with Crippen molar-refractivity contribution in [1.82, 2.24) is 0 Å². The van der Waals surface area contributed by atoms with E-state index in [4.69, 9.17) is 14.2 Å². The largest absolute Gasteiger partial charge is 0.497 e. The summed E-state index contributed by atoms with van der Waals surface area (Å²) < 4.78 is 15.7. The topological polar surface area (TPSA) is 44.8 Å². The summed E-state index contributed by atoms with van der Waals surface area (Å²) in [6, 6.07) is 7.26. The average molecular weight is 252 g/mol. The Kier molecular flexibility index (Phi) is 5.49. The molecule has 0 spiro atoms. The fourth-order valence-electron chi connectivity index (χ4n) is 1.44. The molecule has 0 saturated heterocycles. The summed E-state index contributed by atoms with van der Waals surface area (Å²) in [6.07, 6.45) is -0.238. The van der Waals surface area contributed by atoms with Crippen LogP contribution in [0.15, 0.2) is 24.3 Å². The van der Waals surface area contributed by atoms with Crippen LogP contribution in [0, 0.1) is 5.92 Å². The van der Waals surface area contributed by atoms with Gasteiger partial charge in [-0.2, -0.15) is 0 Å². The molecular weight excluding hydrogens is 232 g/mol. The van der Waals surface area contributed by atoms with E-state index in [1.54, 1.807) is 21.0 Å². The fraction of sp³-hybridized carbons (Fsp3) is 0.500. The summed E-state index contributed by atoms with van der Waals surface area (Å²) in [5.74, 6) is 0.943. The van der Waals surface area contributed by atoms with Crippen LogP contribution < -0.4 is 9.47 Å². The molecule has 0 fully saturated rings. The molecule has 0 saturated carbocycles. The van der Waals surface area contributed by atoms with E-state index in [-0.39, 0.29) is 18.0 Å². The SMILES string of the molecule is CCOC(=O)C(C)C(C)Oc1ccc(OC)cc1. The van der Waals surface area contributed by atoms with E-state index < -0.39 is 0 Å². The van der Waals surface area contributed by atoms with Crippen LogP contribution in [0.2, 0.25) is 0 Å². The number of ether oxygens (including phenoxy) is 3. The first kappa shape index (κ1) is 14.4. The number of carbonyl (C=O) groups excluding carboxylic acids is 1. The van der Waals surface area contributed by atoms with Crippen LogP contribution in [0.4, 0.5) is 0 Å². The van der Waals surface area contributed by atoms with Gasteiger partial charge in [0.2, 0.25) is 0 Å². The monoisotopic (exact) mass is 252 g/mol. The molecule has 0 aliphatic rings. The Morgan fingerprint density at radius 1 is 1.17 bits per heavy atom. The number of hydrogen-bond donors (Lipinski definition) is 0. The van der Waals surface area contributed by atoms with Gasteiger partial charge in [0.25, 0.3) is 0 Å². The second-order valence-electron chi connectivity index (χ2n) is 4.04. The minimum atomic E-state index is -0.299. The normalized spacial score (nSPS) is 13.6. The van der Waals surface area contributed by atoms with Crippen molar-refractivity contribution in [3.05, 3.63) is 24.3 Å². The van der Waals surface area contributed by atoms with Crippen molar-refractivity contribution in [1.29, 1.82) is 0 Å². The molecule has 0 amide bonds. The smallest absolute Gasteiger partial charge is 0.312 e. The molecule has 0 N–H and O–H groups in total. The summed E-state index contributed by atoms with van der Waals surface area (Å²) in [5, 5.41) is 0. The Balaban J connectivity index is 2.57. The Labute approximate surface area is 108 Å². The molecule has 1 aromatic rings. The van der Waals surface area contributed by atoms with E-state index in [2.05, 4.69) is 0 Å². The van der Waals surface area contributed by atoms with Crippen LogP contribution in [-0.4, -0.2) is 25.8 Å². The molecule has 0 radical (unpaired) electrons. The molecule has 0 aliphatic carbocycles. The maximum atomic E-state index is 11.6. The standard InChI is InChI=1S/C14H20O4/c1-5-17-14(15)10(2)11(3)18-13-8-6-12(16-4)7-9-13/h6-11H,5H2,1-4H3. The third-order valence-electron chi connectivity index (χ3n) is 2.74. The zero-order chi connectivity index (χ0) is 13.5. The molecule has 1 rings (SSSR count). The van der Waals surface area contributed by atoms with Gasteiger partial charge in [0.1, 0.15) is 17.6 Å². The Morgan fingerprint density at radius 2 is 1.72 bits per heavy atom.